The van der Waals surface area contributed by atoms with E-state index >= 15 is 0 Å². The van der Waals surface area contributed by atoms with Gasteiger partial charge in [0.1, 0.15) is 23.7 Å². The molecule has 2 aliphatic heterocycles. The molecular formula is C45H51N9O6. The molecule has 3 aromatic carbocycles. The molecule has 4 amide bonds. The Bertz CT molecular complexity index is 2600. The quantitative estimate of drug-likeness (QED) is 0.109. The Morgan fingerprint density at radius 2 is 1.25 bits per heavy atom. The van der Waals surface area contributed by atoms with Gasteiger partial charge >= 0.3 is 12.2 Å². The average molecular weight is 814 g/mol. The molecule has 6 aromatic rings. The van der Waals surface area contributed by atoms with Crippen LogP contribution < -0.4 is 10.6 Å². The summed E-state index contributed by atoms with van der Waals surface area (Å²) in [7, 11) is 2.58. The smallest absolute Gasteiger partial charge is 0.407 e. The van der Waals surface area contributed by atoms with Crippen LogP contribution in [0.5, 0.6) is 0 Å². The van der Waals surface area contributed by atoms with Crippen molar-refractivity contribution in [1.29, 1.82) is 0 Å². The van der Waals surface area contributed by atoms with Crippen LogP contribution in [0.2, 0.25) is 0 Å². The van der Waals surface area contributed by atoms with Gasteiger partial charge in [0.05, 0.1) is 60.4 Å². The van der Waals surface area contributed by atoms with E-state index in [4.69, 9.17) is 19.4 Å². The summed E-state index contributed by atoms with van der Waals surface area (Å²) in [6, 6.07) is 18.9. The number of amides is 4. The van der Waals surface area contributed by atoms with Crippen LogP contribution >= 0.6 is 0 Å². The highest BCUT2D eigenvalue weighted by atomic mass is 16.5. The Morgan fingerprint density at radius 3 is 1.87 bits per heavy atom. The van der Waals surface area contributed by atoms with Gasteiger partial charge in [0.25, 0.3) is 0 Å². The number of hydrogen-bond acceptors (Lipinski definition) is 9. The molecule has 15 nitrogen and oxygen atoms in total. The molecule has 3 aromatic heterocycles. The molecule has 4 N–H and O–H groups in total. The van der Waals surface area contributed by atoms with Gasteiger partial charge in [-0.15, -0.1) is 0 Å². The van der Waals surface area contributed by atoms with Crippen LogP contribution in [0.25, 0.3) is 55.2 Å². The molecule has 0 radical (unpaired) electrons. The lowest BCUT2D eigenvalue weighted by Crippen LogP contribution is -2.51. The zero-order valence-corrected chi connectivity index (χ0v) is 34.7. The Hall–Kier alpha value is -6.51. The van der Waals surface area contributed by atoms with Crippen LogP contribution in [-0.2, 0) is 19.1 Å². The molecule has 0 unspecified atom stereocenters. The number of nitrogens with one attached hydrogen (secondary N) is 4. The van der Waals surface area contributed by atoms with Crippen molar-refractivity contribution in [2.45, 2.75) is 77.5 Å². The van der Waals surface area contributed by atoms with Crippen molar-refractivity contribution in [1.82, 2.24) is 45.4 Å². The van der Waals surface area contributed by atoms with Crippen molar-refractivity contribution in [2.75, 3.05) is 27.3 Å². The molecule has 4 atom stereocenters. The largest absolute Gasteiger partial charge is 0.453 e. The van der Waals surface area contributed by atoms with Gasteiger partial charge in [0.15, 0.2) is 0 Å². The van der Waals surface area contributed by atoms with Crippen molar-refractivity contribution in [3.8, 4) is 22.5 Å². The van der Waals surface area contributed by atoms with E-state index in [1.165, 1.54) is 14.2 Å². The van der Waals surface area contributed by atoms with Gasteiger partial charge < -0.3 is 39.9 Å². The molecule has 2 aliphatic rings. The molecule has 15 heteroatoms. The van der Waals surface area contributed by atoms with E-state index in [2.05, 4.69) is 68.1 Å². The van der Waals surface area contributed by atoms with Crippen molar-refractivity contribution in [2.24, 2.45) is 11.8 Å². The standard InChI is InChI=1S/C45H51N9O6/c1-24(2)37(51-44(57)59-5)42(55)53-19-7-9-35(53)40-46-23-34(49-40)32-17-14-29-22-27(12-16-31(29)47-32)26-11-15-30-28(21-26)13-18-33-39(30)50-41(48-33)36-10-8-20-54(36)43(56)38(25(3)4)52-45(58)60-6/h11-18,21-25,35-38H,7-10,19-20H2,1-6H3,(H,46,49)(H,48,50)(H,51,57)(H,52,58)/t35-,36-,37-,38-/m0/s1. The summed E-state index contributed by atoms with van der Waals surface area (Å²) < 4.78 is 9.56. The Morgan fingerprint density at radius 1 is 0.683 bits per heavy atom. The summed E-state index contributed by atoms with van der Waals surface area (Å²) in [5.74, 6) is 0.902. The van der Waals surface area contributed by atoms with Crippen LogP contribution in [0, 0.1) is 11.8 Å². The van der Waals surface area contributed by atoms with E-state index in [-0.39, 0.29) is 35.7 Å². The molecule has 2 fully saturated rings. The highest BCUT2D eigenvalue weighted by Crippen LogP contribution is 2.36. The van der Waals surface area contributed by atoms with Crippen LogP contribution in [0.15, 0.2) is 66.9 Å². The monoisotopic (exact) mass is 813 g/mol. The lowest BCUT2D eigenvalue weighted by molar-refractivity contribution is -0.136. The summed E-state index contributed by atoms with van der Waals surface area (Å²) in [6.07, 6.45) is 3.72. The summed E-state index contributed by atoms with van der Waals surface area (Å²) in [6.45, 7) is 8.78. The van der Waals surface area contributed by atoms with Gasteiger partial charge in [-0.3, -0.25) is 9.59 Å². The van der Waals surface area contributed by atoms with Crippen molar-refractivity contribution >= 4 is 56.7 Å². The third kappa shape index (κ3) is 7.71. The predicted molar refractivity (Wildman–Crippen MR) is 228 cm³/mol. The summed E-state index contributed by atoms with van der Waals surface area (Å²) >= 11 is 0. The van der Waals surface area contributed by atoms with Crippen molar-refractivity contribution < 1.29 is 28.7 Å². The van der Waals surface area contributed by atoms with Gasteiger partial charge in [-0.25, -0.2) is 24.5 Å². The van der Waals surface area contributed by atoms with Crippen molar-refractivity contribution in [3.05, 3.63) is 78.5 Å². The molecular weight excluding hydrogens is 763 g/mol. The number of methoxy groups -OCH3 is 2. The number of imidazole rings is 2. The van der Waals surface area contributed by atoms with Gasteiger partial charge in [0, 0.05) is 23.9 Å². The SMILES string of the molecule is COC(=O)N[C@H](C(=O)N1CCC[C@H]1c1ncc(-c2ccc3cc(-c4ccc5c(ccc6nc([C@@H]7CCCN7C(=O)[C@@H](NC(=O)OC)C(C)C)[nH]c65)c4)ccc3n2)[nH]1)C(C)C. The van der Waals surface area contributed by atoms with E-state index in [0.717, 1.165) is 86.7 Å². The highest BCUT2D eigenvalue weighted by molar-refractivity contribution is 6.05. The number of aromatic amines is 2. The van der Waals surface area contributed by atoms with Gasteiger partial charge in [0.2, 0.25) is 11.8 Å². The summed E-state index contributed by atoms with van der Waals surface area (Å²) in [5.41, 5.74) is 6.21. The summed E-state index contributed by atoms with van der Waals surface area (Å²) in [4.78, 5) is 76.5. The number of aromatic nitrogens is 5. The number of benzene rings is 3. The number of pyridine rings is 1. The van der Waals surface area contributed by atoms with Crippen molar-refractivity contribution in [3.63, 3.8) is 0 Å². The second kappa shape index (κ2) is 16.6. The first-order chi connectivity index (χ1) is 28.9. The zero-order chi connectivity index (χ0) is 42.2. The summed E-state index contributed by atoms with van der Waals surface area (Å²) in [5, 5.41) is 8.50. The van der Waals surface area contributed by atoms with E-state index < -0.39 is 24.3 Å². The molecule has 312 valence electrons. The Kier molecular flexibility index (Phi) is 11.2. The maximum atomic E-state index is 13.7. The van der Waals surface area contributed by atoms with E-state index in [9.17, 15) is 19.2 Å². The number of fused-ring (bicyclic) bond motifs is 4. The molecule has 2 saturated heterocycles. The first-order valence-electron chi connectivity index (χ1n) is 20.6. The second-order valence-corrected chi connectivity index (χ2v) is 16.4. The lowest BCUT2D eigenvalue weighted by atomic mass is 9.99. The zero-order valence-electron chi connectivity index (χ0n) is 34.7. The van der Waals surface area contributed by atoms with Crippen LogP contribution in [0.4, 0.5) is 9.59 Å². The fourth-order valence-electron chi connectivity index (χ4n) is 8.64. The first-order valence-corrected chi connectivity index (χ1v) is 20.6. The number of hydrogen-bond donors (Lipinski definition) is 4. The maximum absolute atomic E-state index is 13.7. The van der Waals surface area contributed by atoms with Crippen LogP contribution in [-0.4, -0.2) is 98.1 Å². The molecule has 0 bridgehead atoms. The number of carbonyl (C=O) groups is 4. The molecule has 8 rings (SSSR count). The number of alkyl carbamates (subject to hydrolysis) is 2. The Labute approximate surface area is 347 Å². The molecule has 0 aliphatic carbocycles. The minimum absolute atomic E-state index is 0.114. The van der Waals surface area contributed by atoms with Gasteiger partial charge in [-0.1, -0.05) is 58.0 Å². The molecule has 0 spiro atoms. The van der Waals surface area contributed by atoms with E-state index in [1.807, 2.05) is 50.8 Å². The van der Waals surface area contributed by atoms with E-state index in [1.54, 1.807) is 11.1 Å². The number of nitrogens with zero attached hydrogens (tertiary/aromatic N) is 5. The van der Waals surface area contributed by atoms with Crippen LogP contribution in [0.1, 0.15) is 77.1 Å². The molecule has 5 heterocycles. The number of ether oxygens (including phenoxy) is 2. The normalized spacial score (nSPS) is 17.8. The third-order valence-corrected chi connectivity index (χ3v) is 11.9. The predicted octanol–water partition coefficient (Wildman–Crippen LogP) is 7.41. The van der Waals surface area contributed by atoms with E-state index in [0.29, 0.717) is 18.9 Å². The number of rotatable bonds is 10. The first kappa shape index (κ1) is 40.3. The lowest BCUT2D eigenvalue weighted by Gasteiger charge is -2.30. The third-order valence-electron chi connectivity index (χ3n) is 11.9. The molecule has 60 heavy (non-hydrogen) atoms. The number of likely N-dealkylation sites (tertiary alicyclic amines) is 2. The minimum atomic E-state index is -0.702. The Balaban J connectivity index is 0.998. The molecule has 0 saturated carbocycles. The number of carbonyl (C=O) groups excluding carboxylic acids is 4. The number of H-pyrrole nitrogens is 2. The average Bonchev–Trinajstić information content (AvgIpc) is 4.09. The van der Waals surface area contributed by atoms with Crippen LogP contribution in [0.3, 0.4) is 0 Å². The highest BCUT2D eigenvalue weighted by Gasteiger charge is 2.39. The second-order valence-electron chi connectivity index (χ2n) is 16.4. The fraction of sp³-hybridized carbons (Fsp3) is 0.400. The maximum Gasteiger partial charge on any atom is 0.407 e. The minimum Gasteiger partial charge on any atom is -0.453 e. The van der Waals surface area contributed by atoms with Gasteiger partial charge in [-0.05, 0) is 84.4 Å². The fourth-order valence-corrected chi connectivity index (χ4v) is 8.64. The van der Waals surface area contributed by atoms with Gasteiger partial charge in [-0.2, -0.15) is 0 Å². The topological polar surface area (TPSA) is 188 Å².